The molecule has 0 aliphatic heterocycles. The van der Waals surface area contributed by atoms with Crippen LogP contribution in [0.15, 0.2) is 24.3 Å². The maximum atomic E-state index is 11.9. The van der Waals surface area contributed by atoms with Crippen LogP contribution in [-0.4, -0.2) is 26.2 Å². The summed E-state index contributed by atoms with van der Waals surface area (Å²) in [5.41, 5.74) is 0.918. The second-order valence-corrected chi connectivity index (χ2v) is 3.53. The lowest BCUT2D eigenvalue weighted by Crippen LogP contribution is -2.18. The van der Waals surface area contributed by atoms with Crippen LogP contribution in [0.4, 0.5) is 8.78 Å². The summed E-state index contributed by atoms with van der Waals surface area (Å²) in [6, 6.07) is 6.32. The number of carbonyl (C=O) groups is 1. The first kappa shape index (κ1) is 14.4. The van der Waals surface area contributed by atoms with Crippen molar-refractivity contribution in [1.29, 1.82) is 0 Å². The normalized spacial score (nSPS) is 10.4. The van der Waals surface area contributed by atoms with Crippen LogP contribution in [0, 0.1) is 0 Å². The van der Waals surface area contributed by atoms with Gasteiger partial charge < -0.3 is 14.8 Å². The van der Waals surface area contributed by atoms with Crippen LogP contribution in [0.25, 0.3) is 0 Å². The number of methoxy groups -OCH3 is 1. The fraction of sp³-hybridized carbons (Fsp3) is 0.417. The molecule has 4 nitrogen and oxygen atoms in total. The highest BCUT2D eigenvalue weighted by molar-refractivity contribution is 5.69. The number of alkyl halides is 2. The van der Waals surface area contributed by atoms with E-state index in [4.69, 9.17) is 0 Å². The second kappa shape index (κ2) is 7.60. The SMILES string of the molecule is COC(=O)CCNCc1ccc(OC(F)F)cc1. The highest BCUT2D eigenvalue weighted by atomic mass is 19.3. The zero-order valence-corrected chi connectivity index (χ0v) is 9.99. The smallest absolute Gasteiger partial charge is 0.387 e. The topological polar surface area (TPSA) is 47.6 Å². The van der Waals surface area contributed by atoms with Gasteiger partial charge >= 0.3 is 12.6 Å². The molecule has 0 amide bonds. The summed E-state index contributed by atoms with van der Waals surface area (Å²) in [7, 11) is 1.34. The predicted molar refractivity (Wildman–Crippen MR) is 61.4 cm³/mol. The van der Waals surface area contributed by atoms with Crippen molar-refractivity contribution in [1.82, 2.24) is 5.32 Å². The highest BCUT2D eigenvalue weighted by Gasteiger charge is 2.03. The summed E-state index contributed by atoms with van der Waals surface area (Å²) in [5, 5.41) is 3.04. The van der Waals surface area contributed by atoms with Crippen LogP contribution in [0.1, 0.15) is 12.0 Å². The average molecular weight is 259 g/mol. The van der Waals surface area contributed by atoms with Crippen molar-refractivity contribution < 1.29 is 23.0 Å². The molecule has 1 aromatic rings. The maximum Gasteiger partial charge on any atom is 0.387 e. The number of halogens is 2. The third kappa shape index (κ3) is 5.58. The molecule has 0 heterocycles. The van der Waals surface area contributed by atoms with Crippen LogP contribution >= 0.6 is 0 Å². The Labute approximate surface area is 104 Å². The summed E-state index contributed by atoms with van der Waals surface area (Å²) in [5.74, 6) is -0.147. The van der Waals surface area contributed by atoms with E-state index in [1.807, 2.05) is 0 Å². The number of esters is 1. The molecule has 0 saturated heterocycles. The van der Waals surface area contributed by atoms with E-state index >= 15 is 0 Å². The lowest BCUT2D eigenvalue weighted by atomic mass is 10.2. The van der Waals surface area contributed by atoms with Gasteiger partial charge in [-0.05, 0) is 17.7 Å². The van der Waals surface area contributed by atoms with E-state index in [-0.39, 0.29) is 11.7 Å². The van der Waals surface area contributed by atoms with Crippen molar-refractivity contribution in [3.8, 4) is 5.75 Å². The molecule has 0 aromatic heterocycles. The first-order valence-electron chi connectivity index (χ1n) is 5.43. The minimum absolute atomic E-state index is 0.128. The molecule has 0 aliphatic rings. The summed E-state index contributed by atoms with van der Waals surface area (Å²) < 4.78 is 32.5. The number of ether oxygens (including phenoxy) is 2. The molecule has 18 heavy (non-hydrogen) atoms. The van der Waals surface area contributed by atoms with E-state index in [1.165, 1.54) is 19.2 Å². The molecule has 0 fully saturated rings. The molecule has 0 spiro atoms. The molecule has 100 valence electrons. The van der Waals surface area contributed by atoms with Crippen molar-refractivity contribution in [2.75, 3.05) is 13.7 Å². The van der Waals surface area contributed by atoms with Crippen molar-refractivity contribution in [2.24, 2.45) is 0 Å². The Bertz CT molecular complexity index is 368. The first-order chi connectivity index (χ1) is 8.61. The lowest BCUT2D eigenvalue weighted by molar-refractivity contribution is -0.140. The van der Waals surface area contributed by atoms with Crippen molar-refractivity contribution >= 4 is 5.97 Å². The van der Waals surface area contributed by atoms with Crippen molar-refractivity contribution in [3.63, 3.8) is 0 Å². The molecule has 0 unspecified atom stereocenters. The molecular formula is C12H15F2NO3. The van der Waals surface area contributed by atoms with Crippen LogP contribution in [-0.2, 0) is 16.1 Å². The average Bonchev–Trinajstić information content (AvgIpc) is 2.35. The summed E-state index contributed by atoms with van der Waals surface area (Å²) in [6.45, 7) is -1.76. The van der Waals surface area contributed by atoms with Crippen molar-refractivity contribution in [2.45, 2.75) is 19.6 Å². The second-order valence-electron chi connectivity index (χ2n) is 3.53. The largest absolute Gasteiger partial charge is 0.469 e. The van der Waals surface area contributed by atoms with Gasteiger partial charge in [-0.25, -0.2) is 0 Å². The molecular weight excluding hydrogens is 244 g/mol. The van der Waals surface area contributed by atoms with Gasteiger partial charge in [-0.3, -0.25) is 4.79 Å². The van der Waals surface area contributed by atoms with Crippen molar-refractivity contribution in [3.05, 3.63) is 29.8 Å². The van der Waals surface area contributed by atoms with Gasteiger partial charge in [-0.15, -0.1) is 0 Å². The third-order valence-electron chi connectivity index (χ3n) is 2.21. The Morgan fingerprint density at radius 1 is 1.33 bits per heavy atom. The predicted octanol–water partition coefficient (Wildman–Crippen LogP) is 1.94. The standard InChI is InChI=1S/C12H15F2NO3/c1-17-11(16)6-7-15-8-9-2-4-10(5-3-9)18-12(13)14/h2-5,12,15H,6-8H2,1H3. The summed E-state index contributed by atoms with van der Waals surface area (Å²) in [4.78, 5) is 10.8. The number of rotatable bonds is 7. The summed E-state index contributed by atoms with van der Waals surface area (Å²) >= 11 is 0. The lowest BCUT2D eigenvalue weighted by Gasteiger charge is -2.06. The van der Waals surface area contributed by atoms with E-state index in [0.717, 1.165) is 5.56 Å². The Morgan fingerprint density at radius 3 is 2.56 bits per heavy atom. The molecule has 1 aromatic carbocycles. The van der Waals surface area contributed by atoms with Gasteiger partial charge in [0.25, 0.3) is 0 Å². The molecule has 0 aliphatic carbocycles. The van der Waals surface area contributed by atoms with Gasteiger partial charge in [0.2, 0.25) is 0 Å². The van der Waals surface area contributed by atoms with Crippen LogP contribution in [0.2, 0.25) is 0 Å². The maximum absolute atomic E-state index is 11.9. The third-order valence-corrected chi connectivity index (χ3v) is 2.21. The molecule has 0 bridgehead atoms. The molecule has 1 rings (SSSR count). The van der Waals surface area contributed by atoms with Gasteiger partial charge in [0.05, 0.1) is 13.5 Å². The van der Waals surface area contributed by atoms with Gasteiger partial charge in [0, 0.05) is 13.1 Å². The molecule has 0 radical (unpaired) electrons. The minimum Gasteiger partial charge on any atom is -0.469 e. The Hall–Kier alpha value is -1.69. The number of carbonyl (C=O) groups excluding carboxylic acids is 1. The Morgan fingerprint density at radius 2 is 2.00 bits per heavy atom. The van der Waals surface area contributed by atoms with Crippen LogP contribution < -0.4 is 10.1 Å². The highest BCUT2D eigenvalue weighted by Crippen LogP contribution is 2.14. The van der Waals surface area contributed by atoms with E-state index in [9.17, 15) is 13.6 Å². The van der Waals surface area contributed by atoms with E-state index < -0.39 is 6.61 Å². The van der Waals surface area contributed by atoms with Gasteiger partial charge in [-0.1, -0.05) is 12.1 Å². The number of nitrogens with one attached hydrogen (secondary N) is 1. The van der Waals surface area contributed by atoms with Gasteiger partial charge in [0.15, 0.2) is 0 Å². The molecule has 0 atom stereocenters. The van der Waals surface area contributed by atoms with Gasteiger partial charge in [-0.2, -0.15) is 8.78 Å². The minimum atomic E-state index is -2.81. The van der Waals surface area contributed by atoms with E-state index in [1.54, 1.807) is 12.1 Å². The summed E-state index contributed by atoms with van der Waals surface area (Å²) in [6.07, 6.45) is 0.295. The number of hydrogen-bond acceptors (Lipinski definition) is 4. The van der Waals surface area contributed by atoms with Crippen LogP contribution in [0.5, 0.6) is 5.75 Å². The number of hydrogen-bond donors (Lipinski definition) is 1. The quantitative estimate of drug-likeness (QED) is 0.600. The van der Waals surface area contributed by atoms with Crippen LogP contribution in [0.3, 0.4) is 0 Å². The zero-order valence-electron chi connectivity index (χ0n) is 9.99. The first-order valence-corrected chi connectivity index (χ1v) is 5.43. The van der Waals surface area contributed by atoms with E-state index in [0.29, 0.717) is 19.5 Å². The van der Waals surface area contributed by atoms with Gasteiger partial charge in [0.1, 0.15) is 5.75 Å². The molecule has 6 heteroatoms. The van der Waals surface area contributed by atoms with E-state index in [2.05, 4.69) is 14.8 Å². The number of benzene rings is 1. The zero-order chi connectivity index (χ0) is 13.4. The Kier molecular flexibility index (Phi) is 6.07. The molecule has 0 saturated carbocycles. The fourth-order valence-electron chi connectivity index (χ4n) is 1.31. The fourth-order valence-corrected chi connectivity index (χ4v) is 1.31. The monoisotopic (exact) mass is 259 g/mol. The molecule has 1 N–H and O–H groups in total. The Balaban J connectivity index is 2.28.